The number of carbonyl (C=O) groups is 1. The summed E-state index contributed by atoms with van der Waals surface area (Å²) in [5.41, 5.74) is -1.03. The average molecular weight is 285 g/mol. The number of rotatable bonds is 3. The molecule has 0 radical (unpaired) electrons. The van der Waals surface area contributed by atoms with Crippen molar-refractivity contribution in [3.8, 4) is 0 Å². The predicted molar refractivity (Wildman–Crippen MR) is 70.0 cm³/mol. The molecule has 0 saturated carbocycles. The second-order valence-electron chi connectivity index (χ2n) is 5.56. The van der Waals surface area contributed by atoms with E-state index in [0.717, 1.165) is 12.1 Å². The highest BCUT2D eigenvalue weighted by atomic mass is 19.1. The number of ether oxygens (including phenoxy) is 1. The van der Waals surface area contributed by atoms with Gasteiger partial charge in [-0.3, -0.25) is 0 Å². The third kappa shape index (κ3) is 3.25. The summed E-state index contributed by atoms with van der Waals surface area (Å²) < 4.78 is 33.2. The highest BCUT2D eigenvalue weighted by Crippen LogP contribution is 2.29. The van der Waals surface area contributed by atoms with Gasteiger partial charge >= 0.3 is 5.97 Å². The Morgan fingerprint density at radius 1 is 1.40 bits per heavy atom. The zero-order valence-electron chi connectivity index (χ0n) is 11.4. The van der Waals surface area contributed by atoms with Gasteiger partial charge in [-0.2, -0.15) is 0 Å². The van der Waals surface area contributed by atoms with E-state index in [0.29, 0.717) is 19.4 Å². The van der Waals surface area contributed by atoms with Crippen LogP contribution >= 0.6 is 0 Å². The maximum Gasteiger partial charge on any atom is 0.335 e. The fourth-order valence-corrected chi connectivity index (χ4v) is 2.39. The van der Waals surface area contributed by atoms with Crippen LogP contribution in [0.25, 0.3) is 0 Å². The Bertz CT molecular complexity index is 508. The SMILES string of the molecule is CC1(C)CC(Nc2c(F)cc(C(=O)O)cc2F)CCO1. The fourth-order valence-electron chi connectivity index (χ4n) is 2.39. The number of benzene rings is 1. The van der Waals surface area contributed by atoms with E-state index in [-0.39, 0.29) is 17.3 Å². The van der Waals surface area contributed by atoms with Crippen LogP contribution < -0.4 is 5.32 Å². The van der Waals surface area contributed by atoms with Gasteiger partial charge in [-0.05, 0) is 38.8 Å². The molecule has 20 heavy (non-hydrogen) atoms. The third-order valence-electron chi connectivity index (χ3n) is 3.33. The van der Waals surface area contributed by atoms with E-state index in [1.807, 2.05) is 13.8 Å². The van der Waals surface area contributed by atoms with Crippen molar-refractivity contribution in [2.45, 2.75) is 38.3 Å². The first kappa shape index (κ1) is 14.7. The summed E-state index contributed by atoms with van der Waals surface area (Å²) in [5.74, 6) is -3.15. The van der Waals surface area contributed by atoms with Crippen molar-refractivity contribution < 1.29 is 23.4 Å². The van der Waals surface area contributed by atoms with Crippen LogP contribution in [-0.2, 0) is 4.74 Å². The van der Waals surface area contributed by atoms with Gasteiger partial charge in [0.05, 0.1) is 11.2 Å². The first-order chi connectivity index (χ1) is 9.28. The van der Waals surface area contributed by atoms with Gasteiger partial charge in [-0.15, -0.1) is 0 Å². The molecule has 2 rings (SSSR count). The van der Waals surface area contributed by atoms with Gasteiger partial charge in [0.25, 0.3) is 0 Å². The number of hydrogen-bond acceptors (Lipinski definition) is 3. The Kier molecular flexibility index (Phi) is 3.94. The van der Waals surface area contributed by atoms with Crippen molar-refractivity contribution in [2.24, 2.45) is 0 Å². The van der Waals surface area contributed by atoms with Crippen molar-refractivity contribution in [3.05, 3.63) is 29.3 Å². The molecule has 1 atom stereocenters. The first-order valence-electron chi connectivity index (χ1n) is 6.41. The van der Waals surface area contributed by atoms with Gasteiger partial charge in [0.2, 0.25) is 0 Å². The minimum Gasteiger partial charge on any atom is -0.478 e. The van der Waals surface area contributed by atoms with Gasteiger partial charge in [0.15, 0.2) is 0 Å². The molecule has 1 aromatic rings. The summed E-state index contributed by atoms with van der Waals surface area (Å²) >= 11 is 0. The molecule has 1 fully saturated rings. The lowest BCUT2D eigenvalue weighted by Gasteiger charge is -2.36. The van der Waals surface area contributed by atoms with Crippen molar-refractivity contribution in [1.82, 2.24) is 0 Å². The molecule has 1 saturated heterocycles. The Morgan fingerprint density at radius 2 is 2.00 bits per heavy atom. The zero-order valence-corrected chi connectivity index (χ0v) is 11.4. The Labute approximate surface area is 115 Å². The van der Waals surface area contributed by atoms with Gasteiger partial charge in [-0.25, -0.2) is 13.6 Å². The van der Waals surface area contributed by atoms with E-state index in [1.165, 1.54) is 0 Å². The van der Waals surface area contributed by atoms with E-state index in [4.69, 9.17) is 9.84 Å². The van der Waals surface area contributed by atoms with Crippen molar-refractivity contribution in [2.75, 3.05) is 11.9 Å². The molecule has 2 N–H and O–H groups in total. The largest absolute Gasteiger partial charge is 0.478 e. The highest BCUT2D eigenvalue weighted by Gasteiger charge is 2.29. The van der Waals surface area contributed by atoms with Crippen LogP contribution in [0.1, 0.15) is 37.0 Å². The lowest BCUT2D eigenvalue weighted by atomic mass is 9.93. The molecule has 110 valence electrons. The molecular formula is C14H17F2NO3. The van der Waals surface area contributed by atoms with E-state index >= 15 is 0 Å². The number of halogens is 2. The average Bonchev–Trinajstić information content (AvgIpc) is 2.32. The Hall–Kier alpha value is -1.69. The monoisotopic (exact) mass is 285 g/mol. The summed E-state index contributed by atoms with van der Waals surface area (Å²) in [7, 11) is 0. The first-order valence-corrected chi connectivity index (χ1v) is 6.41. The molecule has 4 nitrogen and oxygen atoms in total. The highest BCUT2D eigenvalue weighted by molar-refractivity contribution is 5.88. The van der Waals surface area contributed by atoms with Crippen LogP contribution in [0.3, 0.4) is 0 Å². The minimum absolute atomic E-state index is 0.113. The lowest BCUT2D eigenvalue weighted by molar-refractivity contribution is -0.0553. The molecule has 1 aromatic carbocycles. The van der Waals surface area contributed by atoms with Gasteiger partial charge in [0.1, 0.15) is 17.3 Å². The summed E-state index contributed by atoms with van der Waals surface area (Å²) in [6.07, 6.45) is 1.26. The summed E-state index contributed by atoms with van der Waals surface area (Å²) in [6, 6.07) is 1.52. The number of hydrogen-bond donors (Lipinski definition) is 2. The zero-order chi connectivity index (χ0) is 14.9. The summed E-state index contributed by atoms with van der Waals surface area (Å²) in [5, 5.41) is 11.6. The molecular weight excluding hydrogens is 268 g/mol. The number of carboxylic acids is 1. The smallest absolute Gasteiger partial charge is 0.335 e. The van der Waals surface area contributed by atoms with E-state index in [1.54, 1.807) is 0 Å². The molecule has 6 heteroatoms. The van der Waals surface area contributed by atoms with E-state index < -0.39 is 23.2 Å². The second-order valence-corrected chi connectivity index (χ2v) is 5.56. The van der Waals surface area contributed by atoms with Gasteiger partial charge in [-0.1, -0.05) is 0 Å². The fraction of sp³-hybridized carbons (Fsp3) is 0.500. The number of anilines is 1. The van der Waals surface area contributed by atoms with Crippen LogP contribution in [0, 0.1) is 11.6 Å². The molecule has 0 amide bonds. The topological polar surface area (TPSA) is 58.6 Å². The van der Waals surface area contributed by atoms with Gasteiger partial charge < -0.3 is 15.2 Å². The van der Waals surface area contributed by atoms with Crippen LogP contribution in [0.5, 0.6) is 0 Å². The second kappa shape index (κ2) is 5.36. The molecule has 0 bridgehead atoms. The van der Waals surface area contributed by atoms with E-state index in [9.17, 15) is 13.6 Å². The normalized spacial score (nSPS) is 21.5. The minimum atomic E-state index is -1.36. The van der Waals surface area contributed by atoms with Crippen LogP contribution in [0.2, 0.25) is 0 Å². The maximum atomic E-state index is 13.8. The summed E-state index contributed by atoms with van der Waals surface area (Å²) in [4.78, 5) is 10.7. The standard InChI is InChI=1S/C14H17F2NO3/c1-14(2)7-9(3-4-20-14)17-12-10(15)5-8(13(18)19)6-11(12)16/h5-6,9,17H,3-4,7H2,1-2H3,(H,18,19). The van der Waals surface area contributed by atoms with Crippen molar-refractivity contribution in [1.29, 1.82) is 0 Å². The van der Waals surface area contributed by atoms with Crippen LogP contribution in [0.4, 0.5) is 14.5 Å². The number of carboxylic acid groups (broad SMARTS) is 1. The van der Waals surface area contributed by atoms with E-state index in [2.05, 4.69) is 5.32 Å². The molecule has 1 aliphatic rings. The molecule has 1 heterocycles. The molecule has 1 unspecified atom stereocenters. The predicted octanol–water partition coefficient (Wildman–Crippen LogP) is 3.03. The molecule has 0 aromatic heterocycles. The Morgan fingerprint density at radius 3 is 2.50 bits per heavy atom. The molecule has 0 spiro atoms. The molecule has 1 aliphatic heterocycles. The quantitative estimate of drug-likeness (QED) is 0.896. The Balaban J connectivity index is 2.19. The summed E-state index contributed by atoms with van der Waals surface area (Å²) in [6.45, 7) is 4.35. The van der Waals surface area contributed by atoms with Crippen LogP contribution in [-0.4, -0.2) is 29.3 Å². The lowest BCUT2D eigenvalue weighted by Crippen LogP contribution is -2.40. The molecule has 0 aliphatic carbocycles. The number of nitrogens with one attached hydrogen (secondary N) is 1. The van der Waals surface area contributed by atoms with Crippen molar-refractivity contribution in [3.63, 3.8) is 0 Å². The maximum absolute atomic E-state index is 13.8. The van der Waals surface area contributed by atoms with Gasteiger partial charge in [0, 0.05) is 12.6 Å². The number of aromatic carboxylic acids is 1. The third-order valence-corrected chi connectivity index (χ3v) is 3.33. The van der Waals surface area contributed by atoms with Crippen LogP contribution in [0.15, 0.2) is 12.1 Å². The van der Waals surface area contributed by atoms with Crippen molar-refractivity contribution >= 4 is 11.7 Å².